The largest absolute Gasteiger partial charge is 0.507 e. The first kappa shape index (κ1) is 50.6. The highest BCUT2D eigenvalue weighted by atomic mass is 16.5. The number of fused-ring (bicyclic) bond motifs is 2. The van der Waals surface area contributed by atoms with Crippen molar-refractivity contribution in [3.63, 3.8) is 0 Å². The van der Waals surface area contributed by atoms with E-state index in [1.165, 1.54) is 10.5 Å². The molecule has 5 saturated heterocycles. The summed E-state index contributed by atoms with van der Waals surface area (Å²) in [7, 11) is 0. The molecule has 19 heteroatoms. The number of rotatable bonds is 18. The predicted octanol–water partition coefficient (Wildman–Crippen LogP) is 5.83. The summed E-state index contributed by atoms with van der Waals surface area (Å²) in [6, 6.07) is 22.6. The Kier molecular flexibility index (Phi) is 14.8. The molecule has 11 rings (SSSR count). The van der Waals surface area contributed by atoms with E-state index in [0.29, 0.717) is 53.7 Å². The molecule has 1 aliphatic carbocycles. The van der Waals surface area contributed by atoms with E-state index in [9.17, 15) is 19.8 Å². The number of nitrogens with two attached hydrogens (primary N) is 1. The zero-order chi connectivity index (χ0) is 51.7. The van der Waals surface area contributed by atoms with Gasteiger partial charge in [0.25, 0.3) is 5.88 Å². The molecule has 5 aliphatic heterocycles. The number of nitrogens with one attached hydrogen (secondary N) is 1. The minimum atomic E-state index is -0.815. The molecule has 2 bridgehead atoms. The van der Waals surface area contributed by atoms with Crippen LogP contribution in [0.25, 0.3) is 11.3 Å². The molecule has 2 amide bonds. The lowest BCUT2D eigenvalue weighted by atomic mass is 9.91. The summed E-state index contributed by atoms with van der Waals surface area (Å²) >= 11 is 0. The molecule has 6 aliphatic rings. The number of aromatic nitrogens is 4. The Morgan fingerprint density at radius 3 is 2.35 bits per heavy atom. The quantitative estimate of drug-likeness (QED) is 0.0809. The fraction of sp³-hybridized carbons (Fsp3) is 0.536. The molecule has 6 atom stereocenters. The molecule has 5 aromatic rings. The van der Waals surface area contributed by atoms with Crippen LogP contribution < -0.4 is 30.3 Å². The van der Waals surface area contributed by atoms with Crippen molar-refractivity contribution in [1.82, 2.24) is 35.5 Å². The fourth-order valence-corrected chi connectivity index (χ4v) is 11.9. The molecule has 0 radical (unpaired) electrons. The Hall–Kier alpha value is -6.54. The third kappa shape index (κ3) is 11.1. The number of likely N-dealkylation sites (tertiary alicyclic amines) is 2. The summed E-state index contributed by atoms with van der Waals surface area (Å²) in [5, 5.41) is 36.9. The van der Waals surface area contributed by atoms with Gasteiger partial charge in [-0.15, -0.1) is 10.2 Å². The van der Waals surface area contributed by atoms with Gasteiger partial charge in [0.05, 0.1) is 48.9 Å². The number of benzene rings is 2. The van der Waals surface area contributed by atoms with Crippen LogP contribution in [0, 0.1) is 5.92 Å². The van der Waals surface area contributed by atoms with Gasteiger partial charge >= 0.3 is 0 Å². The number of carbonyl (C=O) groups is 2. The summed E-state index contributed by atoms with van der Waals surface area (Å²) in [5.41, 5.74) is 11.7. The zero-order valence-corrected chi connectivity index (χ0v) is 43.1. The van der Waals surface area contributed by atoms with E-state index in [2.05, 4.69) is 64.6 Å². The topological polar surface area (TPSA) is 227 Å². The van der Waals surface area contributed by atoms with E-state index in [4.69, 9.17) is 29.2 Å². The number of phenolic OH excluding ortho intramolecular Hbond substituents is 1. The molecule has 2 aromatic carbocycles. The van der Waals surface area contributed by atoms with Crippen molar-refractivity contribution in [3.05, 3.63) is 95.9 Å². The van der Waals surface area contributed by atoms with E-state index in [-0.39, 0.29) is 72.9 Å². The number of hydrogen-bond acceptors (Lipinski definition) is 17. The monoisotopic (exact) mass is 1030 g/mol. The Bertz CT molecular complexity index is 2770. The normalized spacial score (nSPS) is 24.9. The summed E-state index contributed by atoms with van der Waals surface area (Å²) in [6.07, 6.45) is 7.27. The number of amides is 2. The first-order valence-electron chi connectivity index (χ1n) is 26.9. The van der Waals surface area contributed by atoms with Crippen LogP contribution >= 0.6 is 0 Å². The van der Waals surface area contributed by atoms with E-state index < -0.39 is 18.1 Å². The zero-order valence-electron chi connectivity index (χ0n) is 43.1. The second kappa shape index (κ2) is 22.0. The van der Waals surface area contributed by atoms with Crippen molar-refractivity contribution in [2.75, 3.05) is 74.6 Å². The number of piperidine rings is 1. The van der Waals surface area contributed by atoms with Gasteiger partial charge in [0.2, 0.25) is 17.7 Å². The Labute approximate surface area is 437 Å². The highest BCUT2D eigenvalue weighted by Gasteiger charge is 2.45. The summed E-state index contributed by atoms with van der Waals surface area (Å²) in [4.78, 5) is 41.1. The smallest absolute Gasteiger partial charge is 0.254 e. The number of hydrogen-bond donors (Lipinski definition) is 4. The molecular formula is C56H70N10O9. The summed E-state index contributed by atoms with van der Waals surface area (Å²) in [5.74, 6) is 0.802. The number of aliphatic hydroxyl groups excluding tert-OH is 1. The first-order valence-corrected chi connectivity index (χ1v) is 26.9. The average molecular weight is 1030 g/mol. The molecule has 398 valence electrons. The van der Waals surface area contributed by atoms with Crippen LogP contribution in [-0.4, -0.2) is 154 Å². The molecule has 0 spiro atoms. The SMILES string of the molecule is CC(C)[C@@H](C(=O)N1C[C@H](O)C[C@H]1C(=O)N[C@@H](C)c1ccc(C2COC2)cc1)c1cc(OCCN2CCC(O[C@H]3C[C@H](Oc4cc(N5C6CCC5CN(c5cc(-c7ccccc7O)nnc5N)C6)ccn4)C3)CC2)no1. The first-order chi connectivity index (χ1) is 36.4. The van der Waals surface area contributed by atoms with Gasteiger partial charge < -0.3 is 59.4 Å². The van der Waals surface area contributed by atoms with Crippen molar-refractivity contribution >= 4 is 29.0 Å². The van der Waals surface area contributed by atoms with Crippen molar-refractivity contribution < 1.29 is 43.3 Å². The number of pyridine rings is 1. The van der Waals surface area contributed by atoms with Crippen LogP contribution in [0.5, 0.6) is 17.5 Å². The average Bonchev–Trinajstić information content (AvgIpc) is 4.09. The third-order valence-corrected chi connectivity index (χ3v) is 16.3. The lowest BCUT2D eigenvalue weighted by Gasteiger charge is -2.43. The van der Waals surface area contributed by atoms with Crippen LogP contribution in [0.3, 0.4) is 0 Å². The molecule has 1 saturated carbocycles. The van der Waals surface area contributed by atoms with Crippen LogP contribution in [-0.2, 0) is 19.1 Å². The van der Waals surface area contributed by atoms with E-state index in [1.54, 1.807) is 18.2 Å². The number of nitrogens with zero attached hydrogens (tertiary/aromatic N) is 8. The van der Waals surface area contributed by atoms with Crippen molar-refractivity contribution in [2.24, 2.45) is 5.92 Å². The van der Waals surface area contributed by atoms with Crippen molar-refractivity contribution in [2.45, 2.75) is 126 Å². The highest BCUT2D eigenvalue weighted by Crippen LogP contribution is 2.41. The molecule has 3 aromatic heterocycles. The van der Waals surface area contributed by atoms with Crippen LogP contribution in [0.1, 0.15) is 100 Å². The van der Waals surface area contributed by atoms with Crippen LogP contribution in [0.15, 0.2) is 83.5 Å². The number of aromatic hydroxyl groups is 1. The molecular weight excluding hydrogens is 957 g/mol. The molecule has 75 heavy (non-hydrogen) atoms. The minimum absolute atomic E-state index is 0.0580. The number of para-hydroxylation sites is 1. The highest BCUT2D eigenvalue weighted by molar-refractivity contribution is 5.91. The number of ether oxygens (including phenoxy) is 4. The van der Waals surface area contributed by atoms with Crippen LogP contribution in [0.2, 0.25) is 0 Å². The maximum atomic E-state index is 14.2. The Balaban J connectivity index is 0.599. The Morgan fingerprint density at radius 2 is 1.63 bits per heavy atom. The third-order valence-electron chi connectivity index (χ3n) is 16.3. The number of phenols is 1. The van der Waals surface area contributed by atoms with Gasteiger partial charge in [-0.3, -0.25) is 14.5 Å². The Morgan fingerprint density at radius 1 is 0.867 bits per heavy atom. The molecule has 6 fully saturated rings. The summed E-state index contributed by atoms with van der Waals surface area (Å²) < 4.78 is 30.1. The van der Waals surface area contributed by atoms with Gasteiger partial charge in [-0.05, 0) is 79.1 Å². The second-order valence-electron chi connectivity index (χ2n) is 21.7. The van der Waals surface area contributed by atoms with Gasteiger partial charge in [-0.1, -0.05) is 50.2 Å². The van der Waals surface area contributed by atoms with Crippen molar-refractivity contribution in [3.8, 4) is 28.8 Å². The summed E-state index contributed by atoms with van der Waals surface area (Å²) in [6.45, 7) is 11.8. The maximum absolute atomic E-state index is 14.2. The van der Waals surface area contributed by atoms with Gasteiger partial charge in [-0.25, -0.2) is 4.98 Å². The van der Waals surface area contributed by atoms with E-state index in [0.717, 1.165) is 94.9 Å². The fourth-order valence-electron chi connectivity index (χ4n) is 11.9. The molecule has 8 heterocycles. The van der Waals surface area contributed by atoms with Gasteiger partial charge in [0.1, 0.15) is 30.4 Å². The minimum Gasteiger partial charge on any atom is -0.507 e. The van der Waals surface area contributed by atoms with Gasteiger partial charge in [-0.2, -0.15) is 0 Å². The molecule has 5 N–H and O–H groups in total. The molecule has 19 nitrogen and oxygen atoms in total. The maximum Gasteiger partial charge on any atom is 0.254 e. The number of aliphatic hydroxyl groups is 1. The number of anilines is 3. The van der Waals surface area contributed by atoms with Gasteiger partial charge in [0.15, 0.2) is 11.6 Å². The van der Waals surface area contributed by atoms with Crippen molar-refractivity contribution in [1.29, 1.82) is 0 Å². The number of carbonyl (C=O) groups excluding carboxylic acids is 2. The van der Waals surface area contributed by atoms with Crippen LogP contribution in [0.4, 0.5) is 17.2 Å². The lowest BCUT2D eigenvalue weighted by molar-refractivity contribution is -0.141. The van der Waals surface area contributed by atoms with E-state index in [1.807, 2.05) is 57.3 Å². The second-order valence-corrected chi connectivity index (χ2v) is 21.7. The molecule has 2 unspecified atom stereocenters. The number of piperazine rings is 1. The van der Waals surface area contributed by atoms with E-state index >= 15 is 0 Å². The number of nitrogen functional groups attached to an aromatic ring is 1. The predicted molar refractivity (Wildman–Crippen MR) is 280 cm³/mol. The van der Waals surface area contributed by atoms with Gasteiger partial charge in [0, 0.05) is 106 Å². The lowest BCUT2D eigenvalue weighted by Crippen LogP contribution is -2.54. The standard InChI is InChI=1S/C56H70N10O9/c1-33(2)53(56(70)65-30-41(67)23-48(65)55(69)59-34(3)35-8-10-36(11-9-35)37-31-71-32-37)50-27-52(62-75-50)72-21-20-63-18-15-42(16-19-63)73-43-24-44(25-43)74-51-22-38(14-17-58-51)66-39-12-13-40(66)29-64(28-39)47-26-46(60-61-54(47)57)45-6-4-5-7-49(45)68/h4-11,14,17,22,26-27,33-34,37,39-44,48,53,67-68H,12-13,15-16,18-21,23-25,28-32H2,1-3H3,(H2,57,61)(H,59,69)/t34-,39?,40?,41+,43-,44-,48-,53+/m0/s1. The number of β-amino-alcohol motifs (C(OH)–C–C–N with tert-alkyl or cyclic N) is 1.